The minimum atomic E-state index is -10.7. The van der Waals surface area contributed by atoms with E-state index in [1.807, 2.05) is 97.5 Å². The molecule has 3 aromatic carbocycles. The molecule has 0 heterocycles. The van der Waals surface area contributed by atoms with Crippen LogP contribution in [0.25, 0.3) is 0 Å². The maximum Gasteiger partial charge on any atom is 0.325 e. The normalized spacial score (nSPS) is 13.3. The third kappa shape index (κ3) is 17.2. The molecule has 0 N–H and O–H groups in total. The number of allylic oxidation sites excluding steroid dienone is 4. The molecule has 40 heavy (non-hydrogen) atoms. The Labute approximate surface area is 238 Å². The second kappa shape index (κ2) is 14.8. The maximum atomic E-state index is 12.6. The number of hydrogen-bond donors (Lipinski definition) is 0. The molecule has 0 atom stereocenters. The minimum Gasteiger partial charge on any atom is -0.460 e. The molecule has 0 saturated heterocycles. The predicted octanol–water partition coefficient (Wildman–Crippen LogP) is 8.95. The monoisotopic (exact) mass is 626 g/mol. The summed E-state index contributed by atoms with van der Waals surface area (Å²) < 4.78 is 70.0. The molecule has 12 heteroatoms. The third-order valence-electron chi connectivity index (χ3n) is 4.61. The van der Waals surface area contributed by atoms with Gasteiger partial charge >= 0.3 is 44.9 Å². The van der Waals surface area contributed by atoms with Gasteiger partial charge in [-0.25, -0.2) is 0 Å². The SMILES string of the molecule is F[P-](F)(F)(F)(F)F.O=C(OCc1ccccc1)C(C(=O)OCc1ccccc1)c1ccccc1.[CH]1C=CC=C1.[Fe]. The van der Waals surface area contributed by atoms with Gasteiger partial charge in [0.15, 0.2) is 5.92 Å². The first-order valence-corrected chi connectivity index (χ1v) is 13.4. The van der Waals surface area contributed by atoms with Gasteiger partial charge in [0.2, 0.25) is 0 Å². The minimum absolute atomic E-state index is 0. The van der Waals surface area contributed by atoms with Crippen LogP contribution in [-0.2, 0) is 49.3 Å². The van der Waals surface area contributed by atoms with Crippen LogP contribution in [0.5, 0.6) is 0 Å². The number of esters is 2. The van der Waals surface area contributed by atoms with Gasteiger partial charge < -0.3 is 9.47 Å². The fraction of sp³-hybridized carbons (Fsp3) is 0.107. The van der Waals surface area contributed by atoms with Crippen LogP contribution in [0.4, 0.5) is 25.2 Å². The van der Waals surface area contributed by atoms with E-state index >= 15 is 0 Å². The number of carbonyl (C=O) groups excluding carboxylic acids is 2. The molecular weight excluding hydrogens is 601 g/mol. The summed E-state index contributed by atoms with van der Waals surface area (Å²) in [6.07, 6.45) is 10.0. The van der Waals surface area contributed by atoms with Crippen LogP contribution >= 0.6 is 7.81 Å². The molecule has 3 aromatic rings. The van der Waals surface area contributed by atoms with Gasteiger partial charge in [0, 0.05) is 23.5 Å². The second-order valence-electron chi connectivity index (χ2n) is 7.95. The second-order valence-corrected chi connectivity index (χ2v) is 9.87. The van der Waals surface area contributed by atoms with Crippen LogP contribution in [0.1, 0.15) is 22.6 Å². The van der Waals surface area contributed by atoms with E-state index in [1.165, 1.54) is 0 Å². The fourth-order valence-electron chi connectivity index (χ4n) is 2.96. The predicted molar refractivity (Wildman–Crippen MR) is 138 cm³/mol. The number of rotatable bonds is 7. The summed E-state index contributed by atoms with van der Waals surface area (Å²) in [5, 5.41) is 0. The van der Waals surface area contributed by atoms with Crippen LogP contribution in [-0.4, -0.2) is 11.9 Å². The molecule has 1 aliphatic rings. The standard InChI is InChI=1S/C23H20O4.C5H5.F6P.Fe/c24-22(26-16-18-10-4-1-5-11-18)21(20-14-8-3-9-15-20)23(25)27-17-19-12-6-2-7-13-19;1-2-4-5-3-1;1-7(2,3,4,5)6;/h1-15,21H,16-17H2;1-5H;;/q;;-1;. The summed E-state index contributed by atoms with van der Waals surface area (Å²) in [7, 11) is -10.7. The van der Waals surface area contributed by atoms with E-state index in [0.29, 0.717) is 5.56 Å². The fourth-order valence-corrected chi connectivity index (χ4v) is 2.96. The van der Waals surface area contributed by atoms with Gasteiger partial charge in [-0.15, -0.1) is 0 Å². The zero-order valence-corrected chi connectivity index (χ0v) is 22.7. The molecule has 4 nitrogen and oxygen atoms in total. The molecule has 1 aliphatic carbocycles. The molecule has 0 saturated carbocycles. The summed E-state index contributed by atoms with van der Waals surface area (Å²) in [6, 6.07) is 27.5. The van der Waals surface area contributed by atoms with E-state index in [0.717, 1.165) is 11.1 Å². The molecule has 0 amide bonds. The van der Waals surface area contributed by atoms with Gasteiger partial charge in [-0.2, -0.15) is 0 Å². The number of carbonyl (C=O) groups is 2. The van der Waals surface area contributed by atoms with Gasteiger partial charge in [-0.1, -0.05) is 115 Å². The molecule has 0 aromatic heterocycles. The van der Waals surface area contributed by atoms with E-state index in [-0.39, 0.29) is 30.3 Å². The van der Waals surface area contributed by atoms with Crippen molar-refractivity contribution in [2.75, 3.05) is 0 Å². The first-order valence-electron chi connectivity index (χ1n) is 11.4. The molecule has 4 rings (SSSR count). The van der Waals surface area contributed by atoms with Crippen molar-refractivity contribution in [3.63, 3.8) is 0 Å². The molecule has 0 fully saturated rings. The Kier molecular flexibility index (Phi) is 12.9. The van der Waals surface area contributed by atoms with E-state index in [2.05, 4.69) is 0 Å². The molecule has 0 aliphatic heterocycles. The van der Waals surface area contributed by atoms with Crippen molar-refractivity contribution in [2.24, 2.45) is 0 Å². The number of benzene rings is 3. The van der Waals surface area contributed by atoms with Gasteiger partial charge in [-0.05, 0) is 16.7 Å². The Morgan fingerprint density at radius 2 is 0.900 bits per heavy atom. The van der Waals surface area contributed by atoms with Crippen LogP contribution in [0.2, 0.25) is 0 Å². The first-order chi connectivity index (χ1) is 18.2. The van der Waals surface area contributed by atoms with Gasteiger partial charge in [0.1, 0.15) is 13.2 Å². The first kappa shape index (κ1) is 34.6. The van der Waals surface area contributed by atoms with E-state index in [4.69, 9.17) is 9.47 Å². The molecule has 0 unspecified atom stereocenters. The summed E-state index contributed by atoms with van der Waals surface area (Å²) in [4.78, 5) is 25.3. The Bertz CT molecular complexity index is 1180. The van der Waals surface area contributed by atoms with Crippen molar-refractivity contribution in [2.45, 2.75) is 19.1 Å². The van der Waals surface area contributed by atoms with Crippen LogP contribution in [0.15, 0.2) is 115 Å². The number of hydrogen-bond acceptors (Lipinski definition) is 4. The van der Waals surface area contributed by atoms with Gasteiger partial charge in [-0.3, -0.25) is 9.59 Å². The average molecular weight is 626 g/mol. The maximum absolute atomic E-state index is 12.6. The van der Waals surface area contributed by atoms with Crippen molar-refractivity contribution < 1.29 is 61.3 Å². The van der Waals surface area contributed by atoms with Crippen molar-refractivity contribution in [3.05, 3.63) is 138 Å². The topological polar surface area (TPSA) is 52.6 Å². The number of ether oxygens (including phenoxy) is 2. The Hall–Kier alpha value is -3.39. The molecule has 0 bridgehead atoms. The van der Waals surface area contributed by atoms with Crippen LogP contribution in [0, 0.1) is 6.42 Å². The third-order valence-corrected chi connectivity index (χ3v) is 4.61. The molecule has 217 valence electrons. The summed E-state index contributed by atoms with van der Waals surface area (Å²) in [5.41, 5.74) is 2.26. The van der Waals surface area contributed by atoms with E-state index in [9.17, 15) is 34.8 Å². The Balaban J connectivity index is 0.000000511. The van der Waals surface area contributed by atoms with E-state index < -0.39 is 25.7 Å². The van der Waals surface area contributed by atoms with Gasteiger partial charge in [0.05, 0.1) is 0 Å². The van der Waals surface area contributed by atoms with Crippen molar-refractivity contribution in [3.8, 4) is 0 Å². The van der Waals surface area contributed by atoms with Crippen molar-refractivity contribution >= 4 is 19.7 Å². The molecule has 1 radical (unpaired) electrons. The quantitative estimate of drug-likeness (QED) is 0.0864. The summed E-state index contributed by atoms with van der Waals surface area (Å²) in [6.45, 7) is 0.212. The largest absolute Gasteiger partial charge is 0.460 e. The number of halogens is 6. The zero-order valence-electron chi connectivity index (χ0n) is 20.7. The smallest absolute Gasteiger partial charge is 0.325 e. The Morgan fingerprint density at radius 3 is 1.20 bits per heavy atom. The van der Waals surface area contributed by atoms with Crippen LogP contribution in [0.3, 0.4) is 0 Å². The summed E-state index contributed by atoms with van der Waals surface area (Å²) >= 11 is 0. The average Bonchev–Trinajstić information content (AvgIpc) is 3.47. The van der Waals surface area contributed by atoms with E-state index in [1.54, 1.807) is 24.3 Å². The van der Waals surface area contributed by atoms with Crippen molar-refractivity contribution in [1.82, 2.24) is 0 Å². The molecule has 0 spiro atoms. The van der Waals surface area contributed by atoms with Crippen LogP contribution < -0.4 is 0 Å². The van der Waals surface area contributed by atoms with Crippen molar-refractivity contribution in [1.29, 1.82) is 0 Å². The summed E-state index contributed by atoms with van der Waals surface area (Å²) in [5.74, 6) is -2.36. The van der Waals surface area contributed by atoms with Gasteiger partial charge in [0.25, 0.3) is 0 Å². The zero-order chi connectivity index (χ0) is 28.8. The molecular formula is C28H25F6FeO4P-. The Morgan fingerprint density at radius 1 is 0.575 bits per heavy atom.